The van der Waals surface area contributed by atoms with Gasteiger partial charge in [0.1, 0.15) is 5.01 Å². The first-order valence-corrected chi connectivity index (χ1v) is 9.54. The number of benzene rings is 2. The number of nitrogens with zero attached hydrogens (tertiary/aromatic N) is 2. The van der Waals surface area contributed by atoms with Crippen LogP contribution in [-0.2, 0) is 17.6 Å². The molecule has 2 aromatic carbocycles. The SMILES string of the molecule is CCc1ccccc1NC(=O)CCc1nnc(C(=O)Nc2ccccc2)s1. The van der Waals surface area contributed by atoms with Crippen molar-refractivity contribution in [1.82, 2.24) is 10.2 Å². The van der Waals surface area contributed by atoms with Gasteiger partial charge in [-0.3, -0.25) is 9.59 Å². The molecule has 2 amide bonds. The van der Waals surface area contributed by atoms with Crippen LogP contribution in [0.3, 0.4) is 0 Å². The number of carbonyl (C=O) groups excluding carboxylic acids is 2. The monoisotopic (exact) mass is 380 g/mol. The zero-order valence-corrected chi connectivity index (χ0v) is 15.8. The number of aromatic nitrogens is 2. The van der Waals surface area contributed by atoms with E-state index in [1.54, 1.807) is 12.1 Å². The van der Waals surface area contributed by atoms with Crippen molar-refractivity contribution < 1.29 is 9.59 Å². The van der Waals surface area contributed by atoms with E-state index in [-0.39, 0.29) is 23.2 Å². The van der Waals surface area contributed by atoms with Crippen molar-refractivity contribution in [1.29, 1.82) is 0 Å². The van der Waals surface area contributed by atoms with Gasteiger partial charge in [0.05, 0.1) is 0 Å². The molecule has 3 aromatic rings. The Labute approximate surface area is 161 Å². The second-order valence-corrected chi connectivity index (χ2v) is 6.94. The summed E-state index contributed by atoms with van der Waals surface area (Å²) in [6, 6.07) is 16.9. The van der Waals surface area contributed by atoms with Crippen LogP contribution in [0.25, 0.3) is 0 Å². The summed E-state index contributed by atoms with van der Waals surface area (Å²) in [5, 5.41) is 14.6. The summed E-state index contributed by atoms with van der Waals surface area (Å²) < 4.78 is 0. The summed E-state index contributed by atoms with van der Waals surface area (Å²) in [4.78, 5) is 24.4. The van der Waals surface area contributed by atoms with Crippen LogP contribution >= 0.6 is 11.3 Å². The van der Waals surface area contributed by atoms with Gasteiger partial charge in [0.25, 0.3) is 5.91 Å². The molecule has 7 heteroatoms. The minimum Gasteiger partial charge on any atom is -0.326 e. The normalized spacial score (nSPS) is 10.4. The Morgan fingerprint density at radius 1 is 0.963 bits per heavy atom. The largest absolute Gasteiger partial charge is 0.326 e. The van der Waals surface area contributed by atoms with Gasteiger partial charge >= 0.3 is 0 Å². The van der Waals surface area contributed by atoms with Gasteiger partial charge in [-0.25, -0.2) is 0 Å². The minimum absolute atomic E-state index is 0.0820. The molecule has 0 saturated carbocycles. The third kappa shape index (κ3) is 5.21. The van der Waals surface area contributed by atoms with Crippen molar-refractivity contribution >= 4 is 34.5 Å². The molecule has 0 aliphatic carbocycles. The zero-order valence-electron chi connectivity index (χ0n) is 14.9. The summed E-state index contributed by atoms with van der Waals surface area (Å²) in [5.74, 6) is -0.382. The lowest BCUT2D eigenvalue weighted by atomic mass is 10.1. The summed E-state index contributed by atoms with van der Waals surface area (Å²) in [7, 11) is 0. The van der Waals surface area contributed by atoms with Gasteiger partial charge < -0.3 is 10.6 Å². The van der Waals surface area contributed by atoms with Crippen LogP contribution in [-0.4, -0.2) is 22.0 Å². The Morgan fingerprint density at radius 2 is 1.70 bits per heavy atom. The number of carbonyl (C=O) groups is 2. The molecule has 0 fully saturated rings. The van der Waals surface area contributed by atoms with E-state index in [9.17, 15) is 9.59 Å². The van der Waals surface area contributed by atoms with Crippen LogP contribution in [0.5, 0.6) is 0 Å². The fraction of sp³-hybridized carbons (Fsp3) is 0.200. The molecule has 2 N–H and O–H groups in total. The van der Waals surface area contributed by atoms with Crippen molar-refractivity contribution in [2.75, 3.05) is 10.6 Å². The molecule has 0 aliphatic rings. The fourth-order valence-corrected chi connectivity index (χ4v) is 3.27. The second-order valence-electron chi connectivity index (χ2n) is 5.88. The summed E-state index contributed by atoms with van der Waals surface area (Å²) in [6.07, 6.45) is 1.58. The van der Waals surface area contributed by atoms with Crippen LogP contribution in [0.1, 0.15) is 33.7 Å². The molecule has 0 bridgehead atoms. The lowest BCUT2D eigenvalue weighted by Gasteiger charge is -2.08. The number of amides is 2. The molecule has 1 heterocycles. The Hall–Kier alpha value is -3.06. The molecular formula is C20H20N4O2S. The van der Waals surface area contributed by atoms with Gasteiger partial charge in [0, 0.05) is 24.2 Å². The number of nitrogens with one attached hydrogen (secondary N) is 2. The summed E-state index contributed by atoms with van der Waals surface area (Å²) >= 11 is 1.20. The van der Waals surface area contributed by atoms with E-state index in [4.69, 9.17) is 0 Å². The molecule has 0 radical (unpaired) electrons. The number of anilines is 2. The number of hydrogen-bond donors (Lipinski definition) is 2. The van der Waals surface area contributed by atoms with Gasteiger partial charge in [0.2, 0.25) is 10.9 Å². The zero-order chi connectivity index (χ0) is 19.1. The first-order valence-electron chi connectivity index (χ1n) is 8.72. The van der Waals surface area contributed by atoms with E-state index >= 15 is 0 Å². The van der Waals surface area contributed by atoms with Gasteiger partial charge in [-0.05, 0) is 30.2 Å². The van der Waals surface area contributed by atoms with Gasteiger partial charge in [-0.2, -0.15) is 0 Å². The lowest BCUT2D eigenvalue weighted by molar-refractivity contribution is -0.116. The van der Waals surface area contributed by atoms with Gasteiger partial charge in [-0.1, -0.05) is 54.7 Å². The predicted octanol–water partition coefficient (Wildman–Crippen LogP) is 3.92. The topological polar surface area (TPSA) is 84.0 Å². The highest BCUT2D eigenvalue weighted by Gasteiger charge is 2.14. The molecule has 1 aromatic heterocycles. The van der Waals surface area contributed by atoms with Crippen molar-refractivity contribution in [2.24, 2.45) is 0 Å². The quantitative estimate of drug-likeness (QED) is 0.651. The van der Waals surface area contributed by atoms with E-state index in [1.165, 1.54) is 11.3 Å². The van der Waals surface area contributed by atoms with E-state index in [1.807, 2.05) is 49.4 Å². The summed E-state index contributed by atoms with van der Waals surface area (Å²) in [6.45, 7) is 2.05. The van der Waals surface area contributed by atoms with E-state index in [0.29, 0.717) is 17.1 Å². The first-order chi connectivity index (χ1) is 13.2. The molecule has 0 spiro atoms. The molecule has 0 saturated heterocycles. The third-order valence-electron chi connectivity index (χ3n) is 3.93. The average Bonchev–Trinajstić information content (AvgIpc) is 3.17. The molecule has 3 rings (SSSR count). The highest BCUT2D eigenvalue weighted by Crippen LogP contribution is 2.17. The minimum atomic E-state index is -0.300. The highest BCUT2D eigenvalue weighted by atomic mass is 32.1. The van der Waals surface area contributed by atoms with Crippen molar-refractivity contribution in [3.05, 3.63) is 70.2 Å². The van der Waals surface area contributed by atoms with E-state index in [0.717, 1.165) is 17.7 Å². The Kier molecular flexibility index (Phi) is 6.27. The van der Waals surface area contributed by atoms with Gasteiger partial charge in [-0.15, -0.1) is 10.2 Å². The molecule has 138 valence electrons. The maximum absolute atomic E-state index is 12.2. The molecule has 27 heavy (non-hydrogen) atoms. The first kappa shape index (κ1) is 18.7. The summed E-state index contributed by atoms with van der Waals surface area (Å²) in [5.41, 5.74) is 2.64. The fourth-order valence-electron chi connectivity index (χ4n) is 2.54. The van der Waals surface area contributed by atoms with Crippen LogP contribution in [0.4, 0.5) is 11.4 Å². The van der Waals surface area contributed by atoms with Crippen molar-refractivity contribution in [2.45, 2.75) is 26.2 Å². The molecule has 0 unspecified atom stereocenters. The van der Waals surface area contributed by atoms with Crippen molar-refractivity contribution in [3.8, 4) is 0 Å². The number of aryl methyl sites for hydroxylation is 2. The lowest BCUT2D eigenvalue weighted by Crippen LogP contribution is -2.13. The number of hydrogen-bond acceptors (Lipinski definition) is 5. The van der Waals surface area contributed by atoms with E-state index in [2.05, 4.69) is 20.8 Å². The number of rotatable bonds is 7. The maximum Gasteiger partial charge on any atom is 0.286 e. The van der Waals surface area contributed by atoms with Crippen molar-refractivity contribution in [3.63, 3.8) is 0 Å². The molecule has 6 nitrogen and oxygen atoms in total. The highest BCUT2D eigenvalue weighted by molar-refractivity contribution is 7.13. The molecular weight excluding hydrogens is 360 g/mol. The van der Waals surface area contributed by atoms with Crippen LogP contribution in [0.2, 0.25) is 0 Å². The standard InChI is InChI=1S/C20H20N4O2S/c1-2-14-8-6-7-11-16(14)22-17(25)12-13-18-23-24-20(27-18)19(26)21-15-9-4-3-5-10-15/h3-11H,2,12-13H2,1H3,(H,21,26)(H,22,25). The average molecular weight is 380 g/mol. The van der Waals surface area contributed by atoms with Crippen LogP contribution in [0.15, 0.2) is 54.6 Å². The van der Waals surface area contributed by atoms with Crippen LogP contribution < -0.4 is 10.6 Å². The molecule has 0 aliphatic heterocycles. The Morgan fingerprint density at radius 3 is 2.48 bits per heavy atom. The predicted molar refractivity (Wildman–Crippen MR) is 107 cm³/mol. The third-order valence-corrected chi connectivity index (χ3v) is 4.91. The smallest absolute Gasteiger partial charge is 0.286 e. The number of para-hydroxylation sites is 2. The maximum atomic E-state index is 12.2. The van der Waals surface area contributed by atoms with Crippen LogP contribution in [0, 0.1) is 0 Å². The second kappa shape index (κ2) is 9.05. The van der Waals surface area contributed by atoms with Gasteiger partial charge in [0.15, 0.2) is 0 Å². The van der Waals surface area contributed by atoms with E-state index < -0.39 is 0 Å². The Bertz CT molecular complexity index is 924. The molecule has 0 atom stereocenters. The Balaban J connectivity index is 1.53.